The van der Waals surface area contributed by atoms with Gasteiger partial charge in [0.05, 0.1) is 23.3 Å². The molecule has 7 nitrogen and oxygen atoms in total. The van der Waals surface area contributed by atoms with Gasteiger partial charge in [0, 0.05) is 24.2 Å². The Bertz CT molecular complexity index is 1040. The molecule has 2 aromatic carbocycles. The van der Waals surface area contributed by atoms with Crippen LogP contribution in [0.1, 0.15) is 22.3 Å². The van der Waals surface area contributed by atoms with Crippen molar-refractivity contribution in [3.8, 4) is 22.9 Å². The molecule has 0 bridgehead atoms. The Morgan fingerprint density at radius 2 is 1.89 bits per heavy atom. The normalized spacial score (nSPS) is 10.8. The number of nitro groups is 1. The minimum absolute atomic E-state index is 0.0745. The maximum atomic E-state index is 11.3. The fraction of sp³-hybridized carbons (Fsp3) is 0.286. The zero-order valence-electron chi connectivity index (χ0n) is 16.6. The minimum atomic E-state index is -0.376. The SMILES string of the molecule is COc1c(C)c(-c2ccc(OCc3c(C)cccc3[N+](=O)[O-])c(C)c2)nn1C. The van der Waals surface area contributed by atoms with Crippen molar-refractivity contribution in [2.45, 2.75) is 27.4 Å². The molecule has 7 heteroatoms. The summed E-state index contributed by atoms with van der Waals surface area (Å²) in [5.74, 6) is 1.40. The third kappa shape index (κ3) is 3.55. The van der Waals surface area contributed by atoms with Crippen molar-refractivity contribution in [3.05, 3.63) is 68.8 Å². The second kappa shape index (κ2) is 7.72. The van der Waals surface area contributed by atoms with Crippen LogP contribution in [0.3, 0.4) is 0 Å². The maximum Gasteiger partial charge on any atom is 0.276 e. The van der Waals surface area contributed by atoms with Crippen LogP contribution in [0, 0.1) is 30.9 Å². The maximum absolute atomic E-state index is 11.3. The highest BCUT2D eigenvalue weighted by Gasteiger charge is 2.18. The molecule has 1 heterocycles. The second-order valence-corrected chi connectivity index (χ2v) is 6.71. The number of hydrogen-bond donors (Lipinski definition) is 0. The lowest BCUT2D eigenvalue weighted by Crippen LogP contribution is -2.03. The molecule has 0 N–H and O–H groups in total. The summed E-state index contributed by atoms with van der Waals surface area (Å²) in [5, 5.41) is 15.8. The van der Waals surface area contributed by atoms with Crippen LogP contribution in [0.2, 0.25) is 0 Å². The van der Waals surface area contributed by atoms with Gasteiger partial charge in [-0.2, -0.15) is 5.10 Å². The highest BCUT2D eigenvalue weighted by atomic mass is 16.6. The van der Waals surface area contributed by atoms with Crippen LogP contribution in [-0.4, -0.2) is 21.8 Å². The molecule has 1 aromatic heterocycles. The number of aryl methyl sites for hydroxylation is 3. The monoisotopic (exact) mass is 381 g/mol. The predicted molar refractivity (Wildman–Crippen MR) is 107 cm³/mol. The van der Waals surface area contributed by atoms with Crippen LogP contribution in [0.4, 0.5) is 5.69 Å². The van der Waals surface area contributed by atoms with E-state index in [2.05, 4.69) is 5.10 Å². The van der Waals surface area contributed by atoms with Crippen molar-refractivity contribution in [2.24, 2.45) is 7.05 Å². The molecule has 0 fully saturated rings. The van der Waals surface area contributed by atoms with Gasteiger partial charge in [-0.3, -0.25) is 10.1 Å². The molecule has 0 saturated heterocycles. The first-order chi connectivity index (χ1) is 13.3. The zero-order chi connectivity index (χ0) is 20.4. The Labute approximate surface area is 163 Å². The lowest BCUT2D eigenvalue weighted by atomic mass is 10.1. The molecule has 0 atom stereocenters. The molecule has 0 aliphatic heterocycles. The van der Waals surface area contributed by atoms with E-state index >= 15 is 0 Å². The van der Waals surface area contributed by atoms with Gasteiger partial charge in [0.15, 0.2) is 0 Å². The Hall–Kier alpha value is -3.35. The van der Waals surface area contributed by atoms with Crippen LogP contribution in [0.5, 0.6) is 11.6 Å². The van der Waals surface area contributed by atoms with E-state index in [1.165, 1.54) is 6.07 Å². The summed E-state index contributed by atoms with van der Waals surface area (Å²) in [6, 6.07) is 10.8. The van der Waals surface area contributed by atoms with E-state index in [0.29, 0.717) is 11.3 Å². The average molecular weight is 381 g/mol. The number of nitro benzene ring substituents is 1. The number of nitrogens with zero attached hydrogens (tertiary/aromatic N) is 3. The van der Waals surface area contributed by atoms with Gasteiger partial charge in [-0.15, -0.1) is 0 Å². The highest BCUT2D eigenvalue weighted by molar-refractivity contribution is 5.67. The summed E-state index contributed by atoms with van der Waals surface area (Å²) < 4.78 is 13.0. The number of rotatable bonds is 6. The van der Waals surface area contributed by atoms with Crippen molar-refractivity contribution in [1.29, 1.82) is 0 Å². The standard InChI is InChI=1S/C21H23N3O4/c1-13-7-6-8-18(24(25)26)17(13)12-28-19-10-9-16(11-14(19)2)20-15(3)21(27-5)23(4)22-20/h6-11H,12H2,1-5H3. The molecule has 0 amide bonds. The summed E-state index contributed by atoms with van der Waals surface area (Å²) in [6.07, 6.45) is 0. The molecule has 3 aromatic rings. The van der Waals surface area contributed by atoms with Gasteiger partial charge in [0.25, 0.3) is 5.69 Å². The van der Waals surface area contributed by atoms with Crippen molar-refractivity contribution >= 4 is 5.69 Å². The summed E-state index contributed by atoms with van der Waals surface area (Å²) in [6.45, 7) is 5.90. The Kier molecular flexibility index (Phi) is 5.35. The molecule has 0 aliphatic carbocycles. The molecular formula is C21H23N3O4. The van der Waals surface area contributed by atoms with Crippen molar-refractivity contribution in [1.82, 2.24) is 9.78 Å². The van der Waals surface area contributed by atoms with E-state index in [0.717, 1.165) is 33.8 Å². The first-order valence-electron chi connectivity index (χ1n) is 8.87. The first kappa shape index (κ1) is 19.4. The third-order valence-corrected chi connectivity index (χ3v) is 4.82. The van der Waals surface area contributed by atoms with Gasteiger partial charge < -0.3 is 9.47 Å². The van der Waals surface area contributed by atoms with Gasteiger partial charge in [-0.05, 0) is 50.1 Å². The van der Waals surface area contributed by atoms with Gasteiger partial charge in [-0.25, -0.2) is 4.68 Å². The minimum Gasteiger partial charge on any atom is -0.488 e. The lowest BCUT2D eigenvalue weighted by molar-refractivity contribution is -0.385. The van der Waals surface area contributed by atoms with E-state index in [1.807, 2.05) is 52.1 Å². The molecule has 3 rings (SSSR count). The zero-order valence-corrected chi connectivity index (χ0v) is 16.6. The number of hydrogen-bond acceptors (Lipinski definition) is 5. The third-order valence-electron chi connectivity index (χ3n) is 4.82. The van der Waals surface area contributed by atoms with Crippen LogP contribution < -0.4 is 9.47 Å². The van der Waals surface area contributed by atoms with Crippen LogP contribution >= 0.6 is 0 Å². The van der Waals surface area contributed by atoms with Crippen LogP contribution in [0.15, 0.2) is 36.4 Å². The van der Waals surface area contributed by atoms with E-state index in [-0.39, 0.29) is 17.2 Å². The Balaban J connectivity index is 1.86. The molecule has 0 saturated carbocycles. The Morgan fingerprint density at radius 1 is 1.14 bits per heavy atom. The molecule has 0 unspecified atom stereocenters. The fourth-order valence-corrected chi connectivity index (χ4v) is 3.33. The summed E-state index contributed by atoms with van der Waals surface area (Å²) in [7, 11) is 3.47. The molecule has 0 aliphatic rings. The lowest BCUT2D eigenvalue weighted by Gasteiger charge is -2.12. The molecule has 0 radical (unpaired) electrons. The first-order valence-corrected chi connectivity index (χ1v) is 8.87. The van der Waals surface area contributed by atoms with Crippen LogP contribution in [-0.2, 0) is 13.7 Å². The molecule has 146 valence electrons. The van der Waals surface area contributed by atoms with Crippen LogP contribution in [0.25, 0.3) is 11.3 Å². The summed E-state index contributed by atoms with van der Waals surface area (Å²) >= 11 is 0. The fourth-order valence-electron chi connectivity index (χ4n) is 3.33. The largest absolute Gasteiger partial charge is 0.488 e. The van der Waals surface area contributed by atoms with Crippen molar-refractivity contribution in [3.63, 3.8) is 0 Å². The summed E-state index contributed by atoms with van der Waals surface area (Å²) in [5.41, 5.74) is 5.20. The molecule has 0 spiro atoms. The van der Waals surface area contributed by atoms with E-state index in [1.54, 1.807) is 17.9 Å². The number of aromatic nitrogens is 2. The smallest absolute Gasteiger partial charge is 0.276 e. The Morgan fingerprint density at radius 3 is 2.50 bits per heavy atom. The van der Waals surface area contributed by atoms with Gasteiger partial charge in [-0.1, -0.05) is 12.1 Å². The highest BCUT2D eigenvalue weighted by Crippen LogP contribution is 2.32. The second-order valence-electron chi connectivity index (χ2n) is 6.71. The number of benzene rings is 2. The van der Waals surface area contributed by atoms with Gasteiger partial charge in [0.2, 0.25) is 5.88 Å². The van der Waals surface area contributed by atoms with Crippen molar-refractivity contribution in [2.75, 3.05) is 7.11 Å². The molecular weight excluding hydrogens is 358 g/mol. The van der Waals surface area contributed by atoms with Crippen molar-refractivity contribution < 1.29 is 14.4 Å². The summed E-state index contributed by atoms with van der Waals surface area (Å²) in [4.78, 5) is 10.9. The van der Waals surface area contributed by atoms with E-state index in [9.17, 15) is 10.1 Å². The van der Waals surface area contributed by atoms with E-state index < -0.39 is 0 Å². The van der Waals surface area contributed by atoms with Gasteiger partial charge in [0.1, 0.15) is 12.4 Å². The number of methoxy groups -OCH3 is 1. The average Bonchev–Trinajstić information content (AvgIpc) is 2.94. The van der Waals surface area contributed by atoms with E-state index in [4.69, 9.17) is 9.47 Å². The van der Waals surface area contributed by atoms with Gasteiger partial charge >= 0.3 is 0 Å². The quantitative estimate of drug-likeness (QED) is 0.464. The predicted octanol–water partition coefficient (Wildman–Crippen LogP) is 4.51. The molecule has 28 heavy (non-hydrogen) atoms. The topological polar surface area (TPSA) is 79.4 Å². The number of ether oxygens (including phenoxy) is 2.